The van der Waals surface area contributed by atoms with Crippen LogP contribution in [0.15, 0.2) is 11.6 Å². The Morgan fingerprint density at radius 1 is 1.48 bits per heavy atom. The van der Waals surface area contributed by atoms with Gasteiger partial charge in [0.15, 0.2) is 12.0 Å². The number of carbonyl (C=O) groups excluding carboxylic acids is 1. The topological polar surface area (TPSA) is 51.4 Å². The highest BCUT2D eigenvalue weighted by atomic mass is 19.1. The van der Waals surface area contributed by atoms with Gasteiger partial charge >= 0.3 is 0 Å². The van der Waals surface area contributed by atoms with Gasteiger partial charge in [0.25, 0.3) is 0 Å². The van der Waals surface area contributed by atoms with Gasteiger partial charge in [-0.1, -0.05) is 11.6 Å². The standard InChI is InChI=1S/C16H21FO4/c1-15(11(21-15)6-5-9-3-4-9)14-13(19-2)12(18)10(17)7-16(14)8-20-16/h5,10-11,13-14H,3-4,6-8H2,1-2H3/t10-,11-,13-,14-,15+,16+/m1/s1. The number of ether oxygens (including phenoxy) is 3. The van der Waals surface area contributed by atoms with Gasteiger partial charge in [-0.3, -0.25) is 4.79 Å². The lowest BCUT2D eigenvalue weighted by molar-refractivity contribution is -0.150. The lowest BCUT2D eigenvalue weighted by Crippen LogP contribution is -2.56. The maximum absolute atomic E-state index is 13.9. The minimum Gasteiger partial charge on any atom is -0.373 e. The van der Waals surface area contributed by atoms with E-state index in [0.717, 1.165) is 6.42 Å². The van der Waals surface area contributed by atoms with Gasteiger partial charge in [-0.2, -0.15) is 0 Å². The van der Waals surface area contributed by atoms with E-state index >= 15 is 0 Å². The molecule has 0 amide bonds. The molecular weight excluding hydrogens is 275 g/mol. The van der Waals surface area contributed by atoms with Crippen LogP contribution in [0.4, 0.5) is 4.39 Å². The monoisotopic (exact) mass is 296 g/mol. The Morgan fingerprint density at radius 3 is 2.76 bits per heavy atom. The molecule has 4 nitrogen and oxygen atoms in total. The summed E-state index contributed by atoms with van der Waals surface area (Å²) in [5, 5.41) is 0. The molecule has 0 N–H and O–H groups in total. The van der Waals surface area contributed by atoms with E-state index in [1.807, 2.05) is 6.92 Å². The summed E-state index contributed by atoms with van der Waals surface area (Å²) in [7, 11) is 1.47. The molecule has 0 aromatic rings. The second-order valence-corrected chi connectivity index (χ2v) is 6.95. The lowest BCUT2D eigenvalue weighted by Gasteiger charge is -2.38. The van der Waals surface area contributed by atoms with Crippen molar-refractivity contribution in [1.82, 2.24) is 0 Å². The number of Topliss-reactive ketones (excluding diaryl/α,β-unsaturated/α-hetero) is 1. The number of carbonyl (C=O) groups is 1. The maximum Gasteiger partial charge on any atom is 0.196 e. The van der Waals surface area contributed by atoms with E-state index in [-0.39, 0.29) is 18.4 Å². The molecule has 0 aromatic carbocycles. The predicted molar refractivity (Wildman–Crippen MR) is 72.7 cm³/mol. The van der Waals surface area contributed by atoms with Crippen molar-refractivity contribution in [1.29, 1.82) is 0 Å². The van der Waals surface area contributed by atoms with E-state index in [1.165, 1.54) is 25.5 Å². The normalized spacial score (nSPS) is 51.2. The van der Waals surface area contributed by atoms with Gasteiger partial charge in [0.2, 0.25) is 0 Å². The number of methoxy groups -OCH3 is 1. The molecule has 0 unspecified atom stereocenters. The minimum atomic E-state index is -1.48. The van der Waals surface area contributed by atoms with Crippen molar-refractivity contribution in [2.75, 3.05) is 13.7 Å². The molecule has 0 bridgehead atoms. The van der Waals surface area contributed by atoms with E-state index in [1.54, 1.807) is 0 Å². The molecule has 6 atom stereocenters. The van der Waals surface area contributed by atoms with Gasteiger partial charge in [-0.25, -0.2) is 4.39 Å². The van der Waals surface area contributed by atoms with Crippen LogP contribution in [0, 0.1) is 5.92 Å². The van der Waals surface area contributed by atoms with Gasteiger partial charge in [0.05, 0.1) is 18.6 Å². The van der Waals surface area contributed by atoms with Crippen LogP contribution in [0.5, 0.6) is 0 Å². The number of rotatable bonds is 4. The average Bonchev–Trinajstić information content (AvgIpc) is 3.30. The molecule has 21 heavy (non-hydrogen) atoms. The molecule has 4 rings (SSSR count). The molecule has 0 aromatic heterocycles. The summed E-state index contributed by atoms with van der Waals surface area (Å²) in [5.74, 6) is -0.670. The molecule has 4 fully saturated rings. The summed E-state index contributed by atoms with van der Waals surface area (Å²) in [6, 6.07) is 0. The SMILES string of the molecule is CO[C@@H]1C(=O)[C@H](F)C[C@]2(CO2)[C@H]1[C@@]1(C)O[C@@H]1CC=C1CC1. The van der Waals surface area contributed by atoms with Gasteiger partial charge in [0, 0.05) is 13.5 Å². The molecule has 0 radical (unpaired) electrons. The Labute approximate surface area is 123 Å². The molecule has 116 valence electrons. The maximum atomic E-state index is 13.9. The molecule has 2 aliphatic carbocycles. The highest BCUT2D eigenvalue weighted by Crippen LogP contribution is 2.59. The summed E-state index contributed by atoms with van der Waals surface area (Å²) >= 11 is 0. The number of hydrogen-bond donors (Lipinski definition) is 0. The second-order valence-electron chi connectivity index (χ2n) is 6.95. The largest absolute Gasteiger partial charge is 0.373 e. The third kappa shape index (κ3) is 2.09. The van der Waals surface area contributed by atoms with E-state index < -0.39 is 29.3 Å². The smallest absolute Gasteiger partial charge is 0.196 e. The van der Waals surface area contributed by atoms with Crippen LogP contribution in [0.2, 0.25) is 0 Å². The molecule has 4 aliphatic rings. The molecule has 2 aliphatic heterocycles. The van der Waals surface area contributed by atoms with Crippen molar-refractivity contribution in [3.05, 3.63) is 11.6 Å². The zero-order chi connectivity index (χ0) is 14.8. The van der Waals surface area contributed by atoms with Crippen LogP contribution in [0.25, 0.3) is 0 Å². The summed E-state index contributed by atoms with van der Waals surface area (Å²) < 4.78 is 30.8. The zero-order valence-electron chi connectivity index (χ0n) is 12.4. The van der Waals surface area contributed by atoms with E-state index in [2.05, 4.69) is 6.08 Å². The van der Waals surface area contributed by atoms with Crippen molar-refractivity contribution in [2.24, 2.45) is 5.92 Å². The first-order chi connectivity index (χ1) is 10.00. The number of alkyl halides is 1. The van der Waals surface area contributed by atoms with Crippen LogP contribution in [0.3, 0.4) is 0 Å². The van der Waals surface area contributed by atoms with Crippen LogP contribution < -0.4 is 0 Å². The number of halogens is 1. The number of allylic oxidation sites excluding steroid dienone is 1. The Kier molecular flexibility index (Phi) is 2.88. The van der Waals surface area contributed by atoms with Gasteiger partial charge in [0.1, 0.15) is 17.3 Å². The highest BCUT2D eigenvalue weighted by Gasteiger charge is 2.73. The van der Waals surface area contributed by atoms with Gasteiger partial charge in [-0.05, 0) is 26.2 Å². The first kappa shape index (κ1) is 13.9. The zero-order valence-corrected chi connectivity index (χ0v) is 12.4. The third-order valence-corrected chi connectivity index (χ3v) is 5.51. The molecule has 1 spiro atoms. The third-order valence-electron chi connectivity index (χ3n) is 5.51. The van der Waals surface area contributed by atoms with Crippen LogP contribution in [0.1, 0.15) is 32.6 Å². The molecule has 2 saturated heterocycles. The fraction of sp³-hybridized carbons (Fsp3) is 0.812. The highest BCUT2D eigenvalue weighted by molar-refractivity contribution is 5.89. The lowest BCUT2D eigenvalue weighted by atomic mass is 9.68. The van der Waals surface area contributed by atoms with E-state index in [0.29, 0.717) is 6.61 Å². The van der Waals surface area contributed by atoms with Crippen LogP contribution in [-0.2, 0) is 19.0 Å². The summed E-state index contributed by atoms with van der Waals surface area (Å²) in [5.41, 5.74) is 0.473. The second kappa shape index (κ2) is 4.37. The Hall–Kier alpha value is -0.780. The van der Waals surface area contributed by atoms with Crippen molar-refractivity contribution < 1.29 is 23.4 Å². The van der Waals surface area contributed by atoms with E-state index in [9.17, 15) is 9.18 Å². The average molecular weight is 296 g/mol. The minimum absolute atomic E-state index is 0.0817. The van der Waals surface area contributed by atoms with Crippen LogP contribution in [-0.4, -0.2) is 49.1 Å². The van der Waals surface area contributed by atoms with Crippen molar-refractivity contribution >= 4 is 5.78 Å². The fourth-order valence-electron chi connectivity index (χ4n) is 3.99. The predicted octanol–water partition coefficient (Wildman–Crippen LogP) is 1.97. The Balaban J connectivity index is 1.57. The Bertz CT molecular complexity index is 506. The summed E-state index contributed by atoms with van der Waals surface area (Å²) in [6.07, 6.45) is 3.47. The number of ketones is 1. The molecule has 5 heteroatoms. The molecular formula is C16H21FO4. The van der Waals surface area contributed by atoms with Crippen molar-refractivity contribution in [2.45, 2.75) is 62.2 Å². The summed E-state index contributed by atoms with van der Waals surface area (Å²) in [6.45, 7) is 2.51. The summed E-state index contributed by atoms with van der Waals surface area (Å²) in [4.78, 5) is 12.1. The van der Waals surface area contributed by atoms with Crippen molar-refractivity contribution in [3.8, 4) is 0 Å². The van der Waals surface area contributed by atoms with Gasteiger partial charge in [-0.15, -0.1) is 0 Å². The fourth-order valence-corrected chi connectivity index (χ4v) is 3.99. The van der Waals surface area contributed by atoms with Gasteiger partial charge < -0.3 is 14.2 Å². The molecule has 2 heterocycles. The first-order valence-electron chi connectivity index (χ1n) is 7.70. The quantitative estimate of drug-likeness (QED) is 0.588. The number of epoxide rings is 2. The number of hydrogen-bond acceptors (Lipinski definition) is 4. The Morgan fingerprint density at radius 2 is 2.19 bits per heavy atom. The van der Waals surface area contributed by atoms with Crippen LogP contribution >= 0.6 is 0 Å². The van der Waals surface area contributed by atoms with E-state index in [4.69, 9.17) is 14.2 Å². The van der Waals surface area contributed by atoms with Crippen molar-refractivity contribution in [3.63, 3.8) is 0 Å². The first-order valence-corrected chi connectivity index (χ1v) is 7.70. The molecule has 2 saturated carbocycles.